The van der Waals surface area contributed by atoms with E-state index in [9.17, 15) is 5.11 Å². The summed E-state index contributed by atoms with van der Waals surface area (Å²) in [5, 5.41) is 9.64. The van der Waals surface area contributed by atoms with Gasteiger partial charge in [-0.05, 0) is 42.9 Å². The third-order valence-corrected chi connectivity index (χ3v) is 3.01. The molecule has 0 spiro atoms. The standard InChI is InChI=1S/C14H20O3/c1-2-14(15)12-5-7-13(8-6-12)17-10-16-9-11-3-4-11/h5-8,11,14-15H,2-4,9-10H2,1H3/t14-/m0/s1. The second kappa shape index (κ2) is 6.03. The molecule has 0 heterocycles. The fourth-order valence-corrected chi connectivity index (χ4v) is 1.63. The molecule has 94 valence electrons. The Hall–Kier alpha value is -1.06. The van der Waals surface area contributed by atoms with Gasteiger partial charge in [-0.3, -0.25) is 0 Å². The molecule has 17 heavy (non-hydrogen) atoms. The first kappa shape index (κ1) is 12.4. The molecule has 3 nitrogen and oxygen atoms in total. The van der Waals surface area contributed by atoms with E-state index in [2.05, 4.69) is 0 Å². The summed E-state index contributed by atoms with van der Waals surface area (Å²) in [6.45, 7) is 3.08. The number of ether oxygens (including phenoxy) is 2. The minimum Gasteiger partial charge on any atom is -0.468 e. The molecule has 0 amide bonds. The van der Waals surface area contributed by atoms with Crippen LogP contribution in [0.25, 0.3) is 0 Å². The zero-order valence-electron chi connectivity index (χ0n) is 10.3. The van der Waals surface area contributed by atoms with Crippen LogP contribution in [0, 0.1) is 5.92 Å². The van der Waals surface area contributed by atoms with Gasteiger partial charge in [-0.1, -0.05) is 19.1 Å². The smallest absolute Gasteiger partial charge is 0.189 e. The summed E-state index contributed by atoms with van der Waals surface area (Å²) in [6.07, 6.45) is 2.94. The van der Waals surface area contributed by atoms with Crippen molar-refractivity contribution in [3.05, 3.63) is 29.8 Å². The molecule has 0 bridgehead atoms. The number of rotatable bonds is 7. The van der Waals surface area contributed by atoms with Gasteiger partial charge in [0.1, 0.15) is 5.75 Å². The maximum atomic E-state index is 9.64. The van der Waals surface area contributed by atoms with Crippen molar-refractivity contribution in [3.8, 4) is 5.75 Å². The number of hydrogen-bond donors (Lipinski definition) is 1. The van der Waals surface area contributed by atoms with Crippen molar-refractivity contribution in [2.75, 3.05) is 13.4 Å². The maximum Gasteiger partial charge on any atom is 0.189 e. The molecular weight excluding hydrogens is 216 g/mol. The Morgan fingerprint density at radius 1 is 1.29 bits per heavy atom. The second-order valence-electron chi connectivity index (χ2n) is 4.57. The maximum absolute atomic E-state index is 9.64. The van der Waals surface area contributed by atoms with Crippen molar-refractivity contribution in [1.82, 2.24) is 0 Å². The van der Waals surface area contributed by atoms with E-state index in [4.69, 9.17) is 9.47 Å². The van der Waals surface area contributed by atoms with Gasteiger partial charge in [0.15, 0.2) is 6.79 Å². The molecule has 1 atom stereocenters. The average Bonchev–Trinajstić information content (AvgIpc) is 3.18. The lowest BCUT2D eigenvalue weighted by Gasteiger charge is -2.10. The molecule has 0 unspecified atom stereocenters. The van der Waals surface area contributed by atoms with E-state index in [1.807, 2.05) is 31.2 Å². The van der Waals surface area contributed by atoms with Crippen LogP contribution in [0.15, 0.2) is 24.3 Å². The molecule has 0 radical (unpaired) electrons. The monoisotopic (exact) mass is 236 g/mol. The second-order valence-corrected chi connectivity index (χ2v) is 4.57. The molecule has 3 heteroatoms. The normalized spacial score (nSPS) is 16.8. The summed E-state index contributed by atoms with van der Waals surface area (Å²) in [4.78, 5) is 0. The van der Waals surface area contributed by atoms with Gasteiger partial charge in [-0.2, -0.15) is 0 Å². The molecule has 1 aromatic rings. The third-order valence-electron chi connectivity index (χ3n) is 3.01. The van der Waals surface area contributed by atoms with Crippen molar-refractivity contribution in [3.63, 3.8) is 0 Å². The Bertz CT molecular complexity index is 330. The molecule has 1 N–H and O–H groups in total. The molecule has 0 saturated heterocycles. The van der Waals surface area contributed by atoms with E-state index >= 15 is 0 Å². The zero-order valence-corrected chi connectivity index (χ0v) is 10.3. The highest BCUT2D eigenvalue weighted by atomic mass is 16.7. The minimum absolute atomic E-state index is 0.312. The molecule has 0 aliphatic heterocycles. The van der Waals surface area contributed by atoms with Crippen LogP contribution < -0.4 is 4.74 Å². The van der Waals surface area contributed by atoms with Crippen molar-refractivity contribution in [2.24, 2.45) is 5.92 Å². The Morgan fingerprint density at radius 3 is 2.59 bits per heavy atom. The minimum atomic E-state index is -0.379. The number of benzene rings is 1. The molecule has 1 fully saturated rings. The highest BCUT2D eigenvalue weighted by Gasteiger charge is 2.21. The van der Waals surface area contributed by atoms with Gasteiger partial charge in [0.25, 0.3) is 0 Å². The highest BCUT2D eigenvalue weighted by molar-refractivity contribution is 5.28. The first-order chi connectivity index (χ1) is 8.29. The van der Waals surface area contributed by atoms with Gasteiger partial charge in [0, 0.05) is 0 Å². The molecule has 1 aromatic carbocycles. The lowest BCUT2D eigenvalue weighted by molar-refractivity contribution is 0.00995. The first-order valence-electron chi connectivity index (χ1n) is 6.28. The van der Waals surface area contributed by atoms with Crippen molar-refractivity contribution >= 4 is 0 Å². The predicted molar refractivity (Wildman–Crippen MR) is 65.9 cm³/mol. The Balaban J connectivity index is 1.72. The highest BCUT2D eigenvalue weighted by Crippen LogP contribution is 2.28. The fourth-order valence-electron chi connectivity index (χ4n) is 1.63. The Morgan fingerprint density at radius 2 is 2.00 bits per heavy atom. The summed E-state index contributed by atoms with van der Waals surface area (Å²) < 4.78 is 10.8. The van der Waals surface area contributed by atoms with Gasteiger partial charge in [0.05, 0.1) is 12.7 Å². The lowest BCUT2D eigenvalue weighted by atomic mass is 10.1. The van der Waals surface area contributed by atoms with E-state index in [1.54, 1.807) is 0 Å². The molecule has 1 aliphatic carbocycles. The fraction of sp³-hybridized carbons (Fsp3) is 0.571. The molecular formula is C14H20O3. The van der Waals surface area contributed by atoms with Crippen LogP contribution in [-0.4, -0.2) is 18.5 Å². The van der Waals surface area contributed by atoms with Crippen LogP contribution in [0.3, 0.4) is 0 Å². The molecule has 0 aromatic heterocycles. The van der Waals surface area contributed by atoms with Gasteiger partial charge in [-0.15, -0.1) is 0 Å². The van der Waals surface area contributed by atoms with Gasteiger partial charge in [-0.25, -0.2) is 0 Å². The molecule has 1 aliphatic rings. The van der Waals surface area contributed by atoms with Crippen LogP contribution in [0.1, 0.15) is 37.9 Å². The zero-order chi connectivity index (χ0) is 12.1. The van der Waals surface area contributed by atoms with E-state index in [1.165, 1.54) is 12.8 Å². The Kier molecular flexibility index (Phi) is 4.40. The Labute approximate surface area is 102 Å². The summed E-state index contributed by atoms with van der Waals surface area (Å²) in [5.41, 5.74) is 0.929. The van der Waals surface area contributed by atoms with E-state index in [0.29, 0.717) is 6.79 Å². The van der Waals surface area contributed by atoms with E-state index in [-0.39, 0.29) is 6.10 Å². The summed E-state index contributed by atoms with van der Waals surface area (Å²) >= 11 is 0. The molecule has 2 rings (SSSR count). The van der Waals surface area contributed by atoms with Gasteiger partial charge in [0.2, 0.25) is 0 Å². The van der Waals surface area contributed by atoms with Crippen molar-refractivity contribution < 1.29 is 14.6 Å². The van der Waals surface area contributed by atoms with E-state index in [0.717, 1.165) is 30.3 Å². The lowest BCUT2D eigenvalue weighted by Crippen LogP contribution is -2.05. The van der Waals surface area contributed by atoms with Crippen LogP contribution in [0.5, 0.6) is 5.75 Å². The van der Waals surface area contributed by atoms with Crippen LogP contribution in [0.2, 0.25) is 0 Å². The van der Waals surface area contributed by atoms with Crippen LogP contribution in [0.4, 0.5) is 0 Å². The summed E-state index contributed by atoms with van der Waals surface area (Å²) in [7, 11) is 0. The quantitative estimate of drug-likeness (QED) is 0.584. The number of aliphatic hydroxyl groups excluding tert-OH is 1. The average molecular weight is 236 g/mol. The van der Waals surface area contributed by atoms with Crippen molar-refractivity contribution in [2.45, 2.75) is 32.3 Å². The third kappa shape index (κ3) is 4.02. The summed E-state index contributed by atoms with van der Waals surface area (Å²) in [5.74, 6) is 1.55. The summed E-state index contributed by atoms with van der Waals surface area (Å²) in [6, 6.07) is 7.53. The first-order valence-corrected chi connectivity index (χ1v) is 6.28. The van der Waals surface area contributed by atoms with Gasteiger partial charge < -0.3 is 14.6 Å². The van der Waals surface area contributed by atoms with Gasteiger partial charge >= 0.3 is 0 Å². The topological polar surface area (TPSA) is 38.7 Å². The van der Waals surface area contributed by atoms with Crippen LogP contribution >= 0.6 is 0 Å². The SMILES string of the molecule is CC[C@H](O)c1ccc(OCOCC2CC2)cc1. The van der Waals surface area contributed by atoms with E-state index < -0.39 is 0 Å². The number of aliphatic hydroxyl groups is 1. The molecule has 1 saturated carbocycles. The number of hydrogen-bond acceptors (Lipinski definition) is 3. The van der Waals surface area contributed by atoms with Crippen LogP contribution in [-0.2, 0) is 4.74 Å². The largest absolute Gasteiger partial charge is 0.468 e. The predicted octanol–water partition coefficient (Wildman–Crippen LogP) is 2.89. The van der Waals surface area contributed by atoms with Crippen molar-refractivity contribution in [1.29, 1.82) is 0 Å².